The molecule has 0 saturated carbocycles. The number of hydrogen-bond donors (Lipinski definition) is 2. The van der Waals surface area contributed by atoms with Crippen molar-refractivity contribution in [3.05, 3.63) is 96.1 Å². The van der Waals surface area contributed by atoms with E-state index in [4.69, 9.17) is 9.47 Å². The molecule has 0 radical (unpaired) electrons. The summed E-state index contributed by atoms with van der Waals surface area (Å²) in [6.45, 7) is 4.17. The summed E-state index contributed by atoms with van der Waals surface area (Å²) in [5.74, 6) is 0.251. The second kappa shape index (κ2) is 20.7. The zero-order valence-electron chi connectivity index (χ0n) is 27.8. The van der Waals surface area contributed by atoms with Gasteiger partial charge >= 0.3 is 37.7 Å². The Morgan fingerprint density at radius 3 is 1.53 bits per heavy atom. The van der Waals surface area contributed by atoms with E-state index in [1.165, 1.54) is 12.1 Å². The maximum atomic E-state index is 12.1. The number of unbranched alkanes of at least 4 members (excludes halogenated alkanes) is 6. The fourth-order valence-corrected chi connectivity index (χ4v) is 6.40. The van der Waals surface area contributed by atoms with E-state index in [0.29, 0.717) is 35.5 Å². The smallest absolute Gasteiger partial charge is 0.870 e. The maximum absolute atomic E-state index is 12.1. The maximum Gasteiger partial charge on any atom is 2.00 e. The van der Waals surface area contributed by atoms with Crippen LogP contribution in [0.4, 0.5) is 0 Å². The first-order chi connectivity index (χ1) is 22.8. The van der Waals surface area contributed by atoms with Gasteiger partial charge in [-0.05, 0) is 79.3 Å². The van der Waals surface area contributed by atoms with E-state index in [1.54, 1.807) is 48.5 Å². The molecular formula is C36H42CaO10S2. The third-order valence-electron chi connectivity index (χ3n) is 7.36. The normalized spacial score (nSPS) is 11.2. The van der Waals surface area contributed by atoms with Crippen molar-refractivity contribution in [3.8, 4) is 34.5 Å². The Balaban J connectivity index is 0.000000333. The molecule has 0 heterocycles. The molecule has 0 amide bonds. The molecule has 0 fully saturated rings. The van der Waals surface area contributed by atoms with Crippen molar-refractivity contribution in [2.45, 2.75) is 87.8 Å². The molecule has 10 nitrogen and oxygen atoms in total. The van der Waals surface area contributed by atoms with Crippen LogP contribution in [0.15, 0.2) is 94.7 Å². The summed E-state index contributed by atoms with van der Waals surface area (Å²) in [5.41, 5.74) is 0.781. The molecule has 4 rings (SSSR count). The van der Waals surface area contributed by atoms with Crippen molar-refractivity contribution in [1.82, 2.24) is 0 Å². The molecule has 0 unspecified atom stereocenters. The minimum atomic E-state index is -4.69. The molecule has 0 aliphatic heterocycles. The van der Waals surface area contributed by atoms with Gasteiger partial charge in [0.05, 0.1) is 4.90 Å². The predicted octanol–water partition coefficient (Wildman–Crippen LogP) is 7.75. The molecule has 260 valence electrons. The van der Waals surface area contributed by atoms with Gasteiger partial charge in [-0.1, -0.05) is 94.5 Å². The molecule has 4 aromatic carbocycles. The van der Waals surface area contributed by atoms with Crippen LogP contribution in [-0.4, -0.2) is 68.8 Å². The van der Waals surface area contributed by atoms with E-state index in [1.807, 2.05) is 12.1 Å². The van der Waals surface area contributed by atoms with Crippen LogP contribution in [-0.2, 0) is 33.1 Å². The van der Waals surface area contributed by atoms with Gasteiger partial charge in [0.2, 0.25) is 0 Å². The third kappa shape index (κ3) is 14.1. The SMILES string of the molecule is CCCCCCc1cc(Oc2ccccc2)c(O)cc1S(=O)(=O)O.CCCCCCc1cc(Oc2ccccc2)c([O-])cc1S(=O)(=O)[O-].[Ca+2]. The van der Waals surface area contributed by atoms with Crippen LogP contribution in [0, 0.1) is 0 Å². The van der Waals surface area contributed by atoms with Gasteiger partial charge < -0.3 is 24.2 Å². The third-order valence-corrected chi connectivity index (χ3v) is 9.21. The predicted molar refractivity (Wildman–Crippen MR) is 186 cm³/mol. The molecule has 0 aliphatic rings. The molecule has 4 aromatic rings. The Morgan fingerprint density at radius 2 is 1.08 bits per heavy atom. The second-order valence-corrected chi connectivity index (χ2v) is 14.0. The van der Waals surface area contributed by atoms with E-state index in [0.717, 1.165) is 63.5 Å². The summed E-state index contributed by atoms with van der Waals surface area (Å²) in [5, 5.41) is 22.1. The Labute approximate surface area is 319 Å². The zero-order valence-corrected chi connectivity index (χ0v) is 31.7. The van der Waals surface area contributed by atoms with Crippen molar-refractivity contribution < 1.29 is 45.6 Å². The molecule has 2 N–H and O–H groups in total. The monoisotopic (exact) mass is 738 g/mol. The number of rotatable bonds is 16. The van der Waals surface area contributed by atoms with Crippen molar-refractivity contribution in [1.29, 1.82) is 0 Å². The summed E-state index contributed by atoms with van der Waals surface area (Å²) in [6, 6.07) is 22.4. The van der Waals surface area contributed by atoms with E-state index in [2.05, 4.69) is 13.8 Å². The number of phenolic OH excluding ortho intramolecular Hbond substituents is 1. The average molecular weight is 739 g/mol. The summed E-state index contributed by atoms with van der Waals surface area (Å²) in [4.78, 5) is -0.707. The first-order valence-electron chi connectivity index (χ1n) is 15.9. The minimum Gasteiger partial charge on any atom is -0.870 e. The Kier molecular flexibility index (Phi) is 17.9. The number of benzene rings is 4. The summed E-state index contributed by atoms with van der Waals surface area (Å²) in [7, 11) is -9.10. The Hall–Kier alpha value is -2.84. The first-order valence-corrected chi connectivity index (χ1v) is 18.8. The molecule has 49 heavy (non-hydrogen) atoms. The Bertz CT molecular complexity index is 1680. The minimum absolute atomic E-state index is 0. The van der Waals surface area contributed by atoms with Crippen LogP contribution in [0.3, 0.4) is 0 Å². The summed E-state index contributed by atoms with van der Waals surface area (Å²) >= 11 is 0. The van der Waals surface area contributed by atoms with Gasteiger partial charge in [-0.2, -0.15) is 8.42 Å². The topological polar surface area (TPSA) is 173 Å². The zero-order chi connectivity index (χ0) is 35.2. The van der Waals surface area contributed by atoms with Crippen molar-refractivity contribution in [3.63, 3.8) is 0 Å². The van der Waals surface area contributed by atoms with Gasteiger partial charge in [0.15, 0.2) is 11.5 Å². The van der Waals surface area contributed by atoms with E-state index in [9.17, 15) is 36.2 Å². The average Bonchev–Trinajstić information content (AvgIpc) is 3.04. The second-order valence-electron chi connectivity index (χ2n) is 11.2. The number of aromatic hydroxyl groups is 1. The quantitative estimate of drug-likeness (QED) is 0.0657. The Morgan fingerprint density at radius 1 is 0.633 bits per heavy atom. The molecule has 0 aliphatic carbocycles. The largest absolute Gasteiger partial charge is 2.00 e. The van der Waals surface area contributed by atoms with Gasteiger partial charge in [-0.25, -0.2) is 8.42 Å². The molecular weight excluding hydrogens is 697 g/mol. The molecule has 0 atom stereocenters. The van der Waals surface area contributed by atoms with Gasteiger partial charge in [0.1, 0.15) is 32.3 Å². The van der Waals surface area contributed by atoms with Crippen molar-refractivity contribution >= 4 is 58.0 Å². The van der Waals surface area contributed by atoms with Crippen LogP contribution >= 0.6 is 0 Å². The van der Waals surface area contributed by atoms with Crippen LogP contribution in [0.2, 0.25) is 0 Å². The van der Waals surface area contributed by atoms with Crippen LogP contribution in [0.1, 0.15) is 76.3 Å². The van der Waals surface area contributed by atoms with E-state index >= 15 is 0 Å². The van der Waals surface area contributed by atoms with E-state index in [-0.39, 0.29) is 59.9 Å². The van der Waals surface area contributed by atoms with E-state index < -0.39 is 30.9 Å². The van der Waals surface area contributed by atoms with Crippen molar-refractivity contribution in [2.24, 2.45) is 0 Å². The van der Waals surface area contributed by atoms with Gasteiger partial charge in [0.25, 0.3) is 10.1 Å². The van der Waals surface area contributed by atoms with Gasteiger partial charge in [0, 0.05) is 6.07 Å². The summed E-state index contributed by atoms with van der Waals surface area (Å²) in [6.07, 6.45) is 8.57. The van der Waals surface area contributed by atoms with Gasteiger partial charge in [-0.15, -0.1) is 0 Å². The number of aryl methyl sites for hydroxylation is 2. The fraction of sp³-hybridized carbons (Fsp3) is 0.333. The van der Waals surface area contributed by atoms with Crippen molar-refractivity contribution in [2.75, 3.05) is 0 Å². The fourth-order valence-electron chi connectivity index (χ4n) is 4.92. The molecule has 0 bridgehead atoms. The number of hydrogen-bond acceptors (Lipinski definition) is 9. The summed E-state index contributed by atoms with van der Waals surface area (Å²) < 4.78 is 78.0. The van der Waals surface area contributed by atoms with Crippen LogP contribution in [0.5, 0.6) is 34.5 Å². The number of ether oxygens (including phenoxy) is 2. The molecule has 0 spiro atoms. The van der Waals surface area contributed by atoms with Crippen LogP contribution < -0.4 is 14.6 Å². The standard InChI is InChI=1S/2C18H22O5S.Ca/c2*1-2-3-4-6-9-14-12-17(23-15-10-7-5-8-11-15)16(19)13-18(14)24(20,21)22;/h2*5,7-8,10-13,19H,2-4,6,9H2,1H3,(H,20,21,22);/q;;+2/p-2. The number of phenols is 1. The molecule has 13 heteroatoms. The molecule has 0 saturated heterocycles. The van der Waals surface area contributed by atoms with Crippen LogP contribution in [0.25, 0.3) is 0 Å². The van der Waals surface area contributed by atoms with Gasteiger partial charge in [-0.3, -0.25) is 4.55 Å². The number of para-hydroxylation sites is 2. The molecule has 0 aromatic heterocycles. The first kappa shape index (κ1) is 42.3.